The summed E-state index contributed by atoms with van der Waals surface area (Å²) in [6.45, 7) is 4.80. The monoisotopic (exact) mass is 281 g/mol. The first-order valence-electron chi connectivity index (χ1n) is 6.85. The second kappa shape index (κ2) is 7.79. The molecule has 0 fully saturated rings. The van der Waals surface area contributed by atoms with Gasteiger partial charge in [-0.1, -0.05) is 13.3 Å². The van der Waals surface area contributed by atoms with E-state index in [0.717, 1.165) is 12.8 Å². The van der Waals surface area contributed by atoms with E-state index in [1.165, 1.54) is 16.8 Å². The molecule has 1 heterocycles. The van der Waals surface area contributed by atoms with Crippen molar-refractivity contribution in [2.75, 3.05) is 20.8 Å². The lowest BCUT2D eigenvalue weighted by atomic mass is 10.1. The van der Waals surface area contributed by atoms with Crippen molar-refractivity contribution in [1.82, 2.24) is 14.7 Å². The van der Waals surface area contributed by atoms with Gasteiger partial charge < -0.3 is 9.64 Å². The lowest BCUT2D eigenvalue weighted by Crippen LogP contribution is -2.37. The fourth-order valence-corrected chi connectivity index (χ4v) is 1.89. The number of hydrogen-bond acceptors (Lipinski definition) is 4. The largest absolute Gasteiger partial charge is 0.383 e. The number of hydrogen-bond donors (Lipinski definition) is 0. The molecule has 20 heavy (non-hydrogen) atoms. The normalized spacial score (nSPS) is 12.2. The van der Waals surface area contributed by atoms with Crippen LogP contribution in [0.5, 0.6) is 0 Å². The smallest absolute Gasteiger partial charge is 0.274 e. The number of amides is 1. The van der Waals surface area contributed by atoms with E-state index in [4.69, 9.17) is 4.74 Å². The van der Waals surface area contributed by atoms with Crippen LogP contribution in [0.4, 0.5) is 0 Å². The number of methoxy groups -OCH3 is 1. The third kappa shape index (κ3) is 4.16. The molecule has 0 unspecified atom stereocenters. The molecule has 0 radical (unpaired) electrons. The van der Waals surface area contributed by atoms with Gasteiger partial charge in [0.2, 0.25) is 0 Å². The molecular formula is C14H23N3O3. The molecule has 6 heteroatoms. The van der Waals surface area contributed by atoms with E-state index >= 15 is 0 Å². The summed E-state index contributed by atoms with van der Waals surface area (Å²) in [5.41, 5.74) is 0.0500. The van der Waals surface area contributed by atoms with Crippen LogP contribution in [-0.4, -0.2) is 47.4 Å². The van der Waals surface area contributed by atoms with Crippen LogP contribution in [0, 0.1) is 0 Å². The summed E-state index contributed by atoms with van der Waals surface area (Å²) in [6, 6.07) is 2.99. The van der Waals surface area contributed by atoms with Crippen LogP contribution in [0.3, 0.4) is 0 Å². The topological polar surface area (TPSA) is 64.4 Å². The highest BCUT2D eigenvalue weighted by Gasteiger charge is 2.18. The molecule has 0 N–H and O–H groups in total. The Hall–Kier alpha value is -1.69. The number of carbonyl (C=O) groups excluding carboxylic acids is 1. The van der Waals surface area contributed by atoms with Crippen molar-refractivity contribution in [3.8, 4) is 0 Å². The van der Waals surface area contributed by atoms with E-state index < -0.39 is 0 Å². The van der Waals surface area contributed by atoms with Crippen LogP contribution in [-0.2, 0) is 11.3 Å². The summed E-state index contributed by atoms with van der Waals surface area (Å²) in [5.74, 6) is -0.169. The third-order valence-electron chi connectivity index (χ3n) is 3.28. The molecule has 0 aliphatic carbocycles. The highest BCUT2D eigenvalue weighted by molar-refractivity contribution is 5.92. The van der Waals surface area contributed by atoms with Crippen LogP contribution < -0.4 is 5.56 Å². The maximum Gasteiger partial charge on any atom is 0.274 e. The Morgan fingerprint density at radius 3 is 2.80 bits per heavy atom. The lowest BCUT2D eigenvalue weighted by Gasteiger charge is -2.24. The minimum Gasteiger partial charge on any atom is -0.383 e. The Balaban J connectivity index is 2.90. The Morgan fingerprint density at radius 1 is 1.50 bits per heavy atom. The van der Waals surface area contributed by atoms with Gasteiger partial charge in [0.25, 0.3) is 11.5 Å². The molecule has 1 atom stereocenters. The average Bonchev–Trinajstić information content (AvgIpc) is 2.45. The molecule has 0 spiro atoms. The quantitative estimate of drug-likeness (QED) is 0.752. The molecule has 0 aromatic carbocycles. The molecule has 6 nitrogen and oxygen atoms in total. The van der Waals surface area contributed by atoms with Gasteiger partial charge in [-0.15, -0.1) is 0 Å². The average molecular weight is 281 g/mol. The fourth-order valence-electron chi connectivity index (χ4n) is 1.89. The summed E-state index contributed by atoms with van der Waals surface area (Å²) >= 11 is 0. The number of aromatic nitrogens is 2. The van der Waals surface area contributed by atoms with Crippen LogP contribution in [0.25, 0.3) is 0 Å². The maximum atomic E-state index is 12.3. The predicted octanol–water partition coefficient (Wildman–Crippen LogP) is 1.15. The zero-order chi connectivity index (χ0) is 15.1. The number of nitrogens with zero attached hydrogens (tertiary/aromatic N) is 3. The summed E-state index contributed by atoms with van der Waals surface area (Å²) in [7, 11) is 3.31. The van der Waals surface area contributed by atoms with E-state index in [1.54, 1.807) is 19.1 Å². The molecule has 0 bridgehead atoms. The van der Waals surface area contributed by atoms with E-state index in [9.17, 15) is 9.59 Å². The minimum absolute atomic E-state index is 0.147. The first-order valence-corrected chi connectivity index (χ1v) is 6.85. The predicted molar refractivity (Wildman–Crippen MR) is 76.8 cm³/mol. The molecule has 112 valence electrons. The van der Waals surface area contributed by atoms with E-state index in [1.807, 2.05) is 6.92 Å². The Labute approximate surface area is 119 Å². The van der Waals surface area contributed by atoms with Gasteiger partial charge in [0.05, 0.1) is 13.2 Å². The van der Waals surface area contributed by atoms with Crippen molar-refractivity contribution in [3.05, 3.63) is 28.2 Å². The van der Waals surface area contributed by atoms with Gasteiger partial charge in [0.1, 0.15) is 5.69 Å². The minimum atomic E-state index is -0.233. The van der Waals surface area contributed by atoms with Crippen molar-refractivity contribution < 1.29 is 9.53 Å². The van der Waals surface area contributed by atoms with Crippen LogP contribution in [0.15, 0.2) is 16.9 Å². The standard InChI is InChI=1S/C14H23N3O3/c1-5-6-11(2)16(3)14(19)12-7-8-13(18)17(15-12)9-10-20-4/h7-8,11H,5-6,9-10H2,1-4H3/t11-/m1/s1. The summed E-state index contributed by atoms with van der Waals surface area (Å²) < 4.78 is 6.18. The Morgan fingerprint density at radius 2 is 2.20 bits per heavy atom. The maximum absolute atomic E-state index is 12.3. The van der Waals surface area contributed by atoms with Gasteiger partial charge in [0, 0.05) is 26.3 Å². The van der Waals surface area contributed by atoms with Crippen LogP contribution >= 0.6 is 0 Å². The first-order chi connectivity index (χ1) is 9.51. The lowest BCUT2D eigenvalue weighted by molar-refractivity contribution is 0.0727. The van der Waals surface area contributed by atoms with Crippen LogP contribution in [0.1, 0.15) is 37.2 Å². The van der Waals surface area contributed by atoms with Gasteiger partial charge >= 0.3 is 0 Å². The highest BCUT2D eigenvalue weighted by atomic mass is 16.5. The van der Waals surface area contributed by atoms with E-state index in [2.05, 4.69) is 12.0 Å². The third-order valence-corrected chi connectivity index (χ3v) is 3.28. The van der Waals surface area contributed by atoms with E-state index in [-0.39, 0.29) is 23.2 Å². The van der Waals surface area contributed by atoms with Gasteiger partial charge in [0.15, 0.2) is 0 Å². The molecule has 0 aliphatic heterocycles. The number of ether oxygens (including phenoxy) is 1. The van der Waals surface area contributed by atoms with Gasteiger partial charge in [-0.05, 0) is 19.4 Å². The van der Waals surface area contributed by atoms with Gasteiger partial charge in [-0.25, -0.2) is 4.68 Å². The number of carbonyl (C=O) groups is 1. The van der Waals surface area contributed by atoms with Crippen molar-refractivity contribution >= 4 is 5.91 Å². The van der Waals surface area contributed by atoms with Crippen molar-refractivity contribution in [1.29, 1.82) is 0 Å². The summed E-state index contributed by atoms with van der Waals surface area (Å²) in [6.07, 6.45) is 1.95. The van der Waals surface area contributed by atoms with Crippen molar-refractivity contribution in [3.63, 3.8) is 0 Å². The SMILES string of the molecule is CCC[C@@H](C)N(C)C(=O)c1ccc(=O)n(CCOC)n1. The number of rotatable bonds is 7. The van der Waals surface area contributed by atoms with E-state index in [0.29, 0.717) is 13.2 Å². The second-order valence-corrected chi connectivity index (χ2v) is 4.83. The summed E-state index contributed by atoms with van der Waals surface area (Å²) in [5, 5.41) is 4.11. The van der Waals surface area contributed by atoms with Gasteiger partial charge in [-0.3, -0.25) is 9.59 Å². The Bertz CT molecular complexity index is 499. The molecule has 0 aliphatic rings. The molecule has 0 saturated carbocycles. The zero-order valence-electron chi connectivity index (χ0n) is 12.6. The molecular weight excluding hydrogens is 258 g/mol. The van der Waals surface area contributed by atoms with Crippen LogP contribution in [0.2, 0.25) is 0 Å². The molecule has 1 rings (SSSR count). The highest BCUT2D eigenvalue weighted by Crippen LogP contribution is 2.07. The zero-order valence-corrected chi connectivity index (χ0v) is 12.6. The molecule has 0 saturated heterocycles. The second-order valence-electron chi connectivity index (χ2n) is 4.83. The first kappa shape index (κ1) is 16.4. The van der Waals surface area contributed by atoms with Gasteiger partial charge in [-0.2, -0.15) is 5.10 Å². The molecule has 1 amide bonds. The molecule has 1 aromatic heterocycles. The van der Waals surface area contributed by atoms with Crippen molar-refractivity contribution in [2.24, 2.45) is 0 Å². The summed E-state index contributed by atoms with van der Waals surface area (Å²) in [4.78, 5) is 25.6. The molecule has 1 aromatic rings. The van der Waals surface area contributed by atoms with Crippen molar-refractivity contribution in [2.45, 2.75) is 39.3 Å². The fraction of sp³-hybridized carbons (Fsp3) is 0.643. The Kier molecular flexibility index (Phi) is 6.38.